The minimum absolute atomic E-state index is 0.359. The Labute approximate surface area is 174 Å². The monoisotopic (exact) mass is 453 g/mol. The highest BCUT2D eigenvalue weighted by molar-refractivity contribution is 9.10. The summed E-state index contributed by atoms with van der Waals surface area (Å²) in [5.41, 5.74) is 3.58. The zero-order valence-corrected chi connectivity index (χ0v) is 17.6. The first-order valence-corrected chi connectivity index (χ1v) is 10.1. The van der Waals surface area contributed by atoms with Gasteiger partial charge in [0, 0.05) is 20.6 Å². The van der Waals surface area contributed by atoms with Crippen molar-refractivity contribution in [2.24, 2.45) is 0 Å². The standard InChI is InChI=1S/C21H16BrN3O2S/c1-12-17(13-3-7-15(22)8-4-13)18-19(23-11-24-20(18)28-12)25-16-9-5-14(6-10-16)21(26)27-2/h3-11H,1-2H3,(H,23,24,25). The van der Waals surface area contributed by atoms with Gasteiger partial charge in [0.2, 0.25) is 0 Å². The van der Waals surface area contributed by atoms with Gasteiger partial charge in [-0.3, -0.25) is 0 Å². The smallest absolute Gasteiger partial charge is 0.337 e. The van der Waals surface area contributed by atoms with Crippen LogP contribution >= 0.6 is 27.3 Å². The van der Waals surface area contributed by atoms with Crippen LogP contribution in [0, 0.1) is 6.92 Å². The number of hydrogen-bond donors (Lipinski definition) is 1. The highest BCUT2D eigenvalue weighted by atomic mass is 79.9. The first-order valence-electron chi connectivity index (χ1n) is 8.52. The number of methoxy groups -OCH3 is 1. The number of rotatable bonds is 4. The fraction of sp³-hybridized carbons (Fsp3) is 0.0952. The maximum atomic E-state index is 11.6. The van der Waals surface area contributed by atoms with Crippen LogP contribution in [0.1, 0.15) is 15.2 Å². The number of esters is 1. The van der Waals surface area contributed by atoms with Crippen LogP contribution in [0.4, 0.5) is 11.5 Å². The second-order valence-electron chi connectivity index (χ2n) is 6.14. The number of halogens is 1. The third-order valence-corrected chi connectivity index (χ3v) is 5.91. The second kappa shape index (κ2) is 7.69. The first kappa shape index (κ1) is 18.6. The molecule has 0 saturated heterocycles. The largest absolute Gasteiger partial charge is 0.465 e. The lowest BCUT2D eigenvalue weighted by atomic mass is 10.0. The first-order chi connectivity index (χ1) is 13.6. The number of fused-ring (bicyclic) bond motifs is 1. The van der Waals surface area contributed by atoms with E-state index >= 15 is 0 Å². The predicted octanol–water partition coefficient (Wildman–Crippen LogP) is 5.96. The minimum atomic E-state index is -0.359. The molecule has 28 heavy (non-hydrogen) atoms. The van der Waals surface area contributed by atoms with Crippen molar-refractivity contribution in [2.75, 3.05) is 12.4 Å². The molecule has 0 amide bonds. The van der Waals surface area contributed by atoms with Crippen molar-refractivity contribution in [3.63, 3.8) is 0 Å². The number of anilines is 2. The van der Waals surface area contributed by atoms with Gasteiger partial charge >= 0.3 is 5.97 Å². The zero-order chi connectivity index (χ0) is 19.7. The van der Waals surface area contributed by atoms with E-state index in [9.17, 15) is 4.79 Å². The van der Waals surface area contributed by atoms with E-state index in [-0.39, 0.29) is 5.97 Å². The van der Waals surface area contributed by atoms with E-state index in [1.807, 2.05) is 24.3 Å². The number of aromatic nitrogens is 2. The number of ether oxygens (including phenoxy) is 1. The van der Waals surface area contributed by atoms with Crippen LogP contribution in [0.2, 0.25) is 0 Å². The number of aryl methyl sites for hydroxylation is 1. The molecule has 2 heterocycles. The van der Waals surface area contributed by atoms with Gasteiger partial charge in [-0.2, -0.15) is 0 Å². The summed E-state index contributed by atoms with van der Waals surface area (Å²) >= 11 is 5.14. The van der Waals surface area contributed by atoms with Crippen LogP contribution in [-0.4, -0.2) is 23.0 Å². The molecular weight excluding hydrogens is 438 g/mol. The molecule has 7 heteroatoms. The van der Waals surface area contributed by atoms with Gasteiger partial charge in [-0.25, -0.2) is 14.8 Å². The van der Waals surface area contributed by atoms with E-state index in [0.29, 0.717) is 5.56 Å². The molecule has 1 N–H and O–H groups in total. The van der Waals surface area contributed by atoms with Gasteiger partial charge in [0.1, 0.15) is 17.0 Å². The number of hydrogen-bond acceptors (Lipinski definition) is 6. The van der Waals surface area contributed by atoms with Gasteiger partial charge in [-0.05, 0) is 48.9 Å². The summed E-state index contributed by atoms with van der Waals surface area (Å²) in [5.74, 6) is 0.375. The lowest BCUT2D eigenvalue weighted by Gasteiger charge is -2.10. The molecule has 2 aromatic heterocycles. The zero-order valence-electron chi connectivity index (χ0n) is 15.2. The quantitative estimate of drug-likeness (QED) is 0.386. The molecule has 0 aliphatic rings. The number of carbonyl (C=O) groups is 1. The Bertz CT molecular complexity index is 1150. The maximum absolute atomic E-state index is 11.6. The molecule has 2 aromatic carbocycles. The van der Waals surface area contributed by atoms with Gasteiger partial charge in [0.25, 0.3) is 0 Å². The highest BCUT2D eigenvalue weighted by Crippen LogP contribution is 2.41. The van der Waals surface area contributed by atoms with Gasteiger partial charge in [-0.1, -0.05) is 28.1 Å². The average Bonchev–Trinajstić information content (AvgIpc) is 3.05. The van der Waals surface area contributed by atoms with Crippen LogP contribution < -0.4 is 5.32 Å². The summed E-state index contributed by atoms with van der Waals surface area (Å²) in [4.78, 5) is 22.7. The van der Waals surface area contributed by atoms with Crippen LogP contribution in [0.3, 0.4) is 0 Å². The molecule has 0 bridgehead atoms. The molecule has 5 nitrogen and oxygen atoms in total. The third-order valence-electron chi connectivity index (χ3n) is 4.37. The summed E-state index contributed by atoms with van der Waals surface area (Å²) < 4.78 is 5.78. The van der Waals surface area contributed by atoms with Gasteiger partial charge in [0.05, 0.1) is 18.1 Å². The maximum Gasteiger partial charge on any atom is 0.337 e. The topological polar surface area (TPSA) is 64.1 Å². The normalized spacial score (nSPS) is 10.8. The van der Waals surface area contributed by atoms with E-state index in [4.69, 9.17) is 4.74 Å². The molecule has 4 rings (SSSR count). The fourth-order valence-electron chi connectivity index (χ4n) is 3.05. The second-order valence-corrected chi connectivity index (χ2v) is 8.26. The van der Waals surface area contributed by atoms with Crippen molar-refractivity contribution in [2.45, 2.75) is 6.92 Å². The van der Waals surface area contributed by atoms with Crippen LogP contribution in [0.25, 0.3) is 21.3 Å². The van der Waals surface area contributed by atoms with Crippen molar-refractivity contribution in [3.05, 3.63) is 69.8 Å². The molecule has 4 aromatic rings. The number of carbonyl (C=O) groups excluding carboxylic acids is 1. The predicted molar refractivity (Wildman–Crippen MR) is 116 cm³/mol. The Morgan fingerprint density at radius 1 is 1.07 bits per heavy atom. The lowest BCUT2D eigenvalue weighted by molar-refractivity contribution is 0.0601. The van der Waals surface area contributed by atoms with Crippen molar-refractivity contribution in [1.29, 1.82) is 0 Å². The molecule has 0 radical (unpaired) electrons. The lowest BCUT2D eigenvalue weighted by Crippen LogP contribution is -2.01. The summed E-state index contributed by atoms with van der Waals surface area (Å²) in [7, 11) is 1.37. The fourth-order valence-corrected chi connectivity index (χ4v) is 4.32. The molecule has 0 spiro atoms. The highest BCUT2D eigenvalue weighted by Gasteiger charge is 2.17. The molecule has 0 atom stereocenters. The number of benzene rings is 2. The third kappa shape index (κ3) is 3.50. The van der Waals surface area contributed by atoms with E-state index in [1.54, 1.807) is 29.8 Å². The number of nitrogens with one attached hydrogen (secondary N) is 1. The summed E-state index contributed by atoms with van der Waals surface area (Å²) in [6, 6.07) is 15.3. The summed E-state index contributed by atoms with van der Waals surface area (Å²) in [6.07, 6.45) is 1.56. The molecule has 0 aliphatic carbocycles. The van der Waals surface area contributed by atoms with Crippen molar-refractivity contribution >= 4 is 55.0 Å². The van der Waals surface area contributed by atoms with Gasteiger partial charge in [0.15, 0.2) is 0 Å². The van der Waals surface area contributed by atoms with Crippen LogP contribution in [0.5, 0.6) is 0 Å². The Morgan fingerprint density at radius 3 is 2.46 bits per heavy atom. The van der Waals surface area contributed by atoms with Crippen molar-refractivity contribution in [1.82, 2.24) is 9.97 Å². The summed E-state index contributed by atoms with van der Waals surface area (Å²) in [6.45, 7) is 2.10. The van der Waals surface area contributed by atoms with Gasteiger partial charge in [-0.15, -0.1) is 11.3 Å². The molecule has 0 aliphatic heterocycles. The molecular formula is C21H16BrN3O2S. The van der Waals surface area contributed by atoms with Crippen LogP contribution in [-0.2, 0) is 4.74 Å². The molecule has 0 saturated carbocycles. The summed E-state index contributed by atoms with van der Waals surface area (Å²) in [5, 5.41) is 4.35. The average molecular weight is 454 g/mol. The van der Waals surface area contributed by atoms with E-state index in [1.165, 1.54) is 12.0 Å². The molecule has 140 valence electrons. The van der Waals surface area contributed by atoms with E-state index in [0.717, 1.165) is 37.3 Å². The number of thiophene rings is 1. The Kier molecular flexibility index (Phi) is 5.11. The van der Waals surface area contributed by atoms with Crippen molar-refractivity contribution < 1.29 is 9.53 Å². The number of nitrogens with zero attached hydrogens (tertiary/aromatic N) is 2. The minimum Gasteiger partial charge on any atom is -0.465 e. The molecule has 0 fully saturated rings. The van der Waals surface area contributed by atoms with Crippen LogP contribution in [0.15, 0.2) is 59.3 Å². The van der Waals surface area contributed by atoms with E-state index < -0.39 is 0 Å². The SMILES string of the molecule is COC(=O)c1ccc(Nc2ncnc3sc(C)c(-c4ccc(Br)cc4)c23)cc1. The Morgan fingerprint density at radius 2 is 1.79 bits per heavy atom. The van der Waals surface area contributed by atoms with Gasteiger partial charge < -0.3 is 10.1 Å². The molecule has 0 unspecified atom stereocenters. The van der Waals surface area contributed by atoms with E-state index in [2.05, 4.69) is 50.3 Å². The Hall–Kier alpha value is -2.77. The Balaban J connectivity index is 1.77. The van der Waals surface area contributed by atoms with Crippen molar-refractivity contribution in [3.8, 4) is 11.1 Å².